The minimum absolute atomic E-state index is 0.106. The molecule has 0 unspecified atom stereocenters. The standard InChI is InChI=1S/C16H25NO3/c1-6-10-16(4,20-7-2)15(18)17-13-8-9-14(19-5)12(3)11-13/h8-9,11H,6-7,10H2,1-5H3,(H,17,18)/t16-/m1/s1. The molecule has 1 aromatic carbocycles. The minimum Gasteiger partial charge on any atom is -0.496 e. The van der Waals surface area contributed by atoms with Crippen LogP contribution in [0.3, 0.4) is 0 Å². The van der Waals surface area contributed by atoms with Crippen molar-refractivity contribution in [1.29, 1.82) is 0 Å². The lowest BCUT2D eigenvalue weighted by molar-refractivity contribution is -0.139. The average Bonchev–Trinajstić information content (AvgIpc) is 2.39. The fraction of sp³-hybridized carbons (Fsp3) is 0.562. The summed E-state index contributed by atoms with van der Waals surface area (Å²) >= 11 is 0. The maximum atomic E-state index is 12.4. The van der Waals surface area contributed by atoms with Crippen molar-refractivity contribution in [3.8, 4) is 5.75 Å². The van der Waals surface area contributed by atoms with E-state index in [1.807, 2.05) is 45.9 Å². The van der Waals surface area contributed by atoms with E-state index < -0.39 is 5.60 Å². The second-order valence-corrected chi connectivity index (χ2v) is 5.05. The lowest BCUT2D eigenvalue weighted by Gasteiger charge is -2.28. The van der Waals surface area contributed by atoms with Gasteiger partial charge in [0.15, 0.2) is 0 Å². The molecule has 0 fully saturated rings. The first kappa shape index (κ1) is 16.5. The topological polar surface area (TPSA) is 47.6 Å². The molecule has 1 rings (SSSR count). The lowest BCUT2D eigenvalue weighted by atomic mass is 9.99. The highest BCUT2D eigenvalue weighted by molar-refractivity contribution is 5.97. The Bertz CT molecular complexity index is 451. The van der Waals surface area contributed by atoms with Gasteiger partial charge in [-0.05, 0) is 51.0 Å². The van der Waals surface area contributed by atoms with Crippen LogP contribution in [0.25, 0.3) is 0 Å². The molecule has 112 valence electrons. The quantitative estimate of drug-likeness (QED) is 0.830. The van der Waals surface area contributed by atoms with E-state index in [0.717, 1.165) is 23.4 Å². The minimum atomic E-state index is -0.780. The van der Waals surface area contributed by atoms with Crippen molar-refractivity contribution in [2.24, 2.45) is 0 Å². The molecule has 1 amide bonds. The van der Waals surface area contributed by atoms with Crippen molar-refractivity contribution in [2.75, 3.05) is 19.0 Å². The van der Waals surface area contributed by atoms with E-state index in [-0.39, 0.29) is 5.91 Å². The molecule has 0 aliphatic heterocycles. The summed E-state index contributed by atoms with van der Waals surface area (Å²) in [6, 6.07) is 5.58. The maximum Gasteiger partial charge on any atom is 0.256 e. The van der Waals surface area contributed by atoms with Crippen molar-refractivity contribution in [3.63, 3.8) is 0 Å². The fourth-order valence-electron chi connectivity index (χ4n) is 2.27. The van der Waals surface area contributed by atoms with Crippen LogP contribution in [0.15, 0.2) is 18.2 Å². The van der Waals surface area contributed by atoms with Crippen LogP contribution in [-0.2, 0) is 9.53 Å². The van der Waals surface area contributed by atoms with Gasteiger partial charge in [0.1, 0.15) is 11.4 Å². The summed E-state index contributed by atoms with van der Waals surface area (Å²) in [7, 11) is 1.63. The van der Waals surface area contributed by atoms with Crippen molar-refractivity contribution in [2.45, 2.75) is 46.1 Å². The van der Waals surface area contributed by atoms with Gasteiger partial charge in [-0.3, -0.25) is 4.79 Å². The molecule has 4 heteroatoms. The number of ether oxygens (including phenoxy) is 2. The van der Waals surface area contributed by atoms with E-state index in [9.17, 15) is 4.79 Å². The largest absolute Gasteiger partial charge is 0.496 e. The first-order valence-corrected chi connectivity index (χ1v) is 7.07. The zero-order valence-electron chi connectivity index (χ0n) is 13.1. The maximum absolute atomic E-state index is 12.4. The van der Waals surface area contributed by atoms with Crippen LogP contribution in [0.4, 0.5) is 5.69 Å². The highest BCUT2D eigenvalue weighted by atomic mass is 16.5. The van der Waals surface area contributed by atoms with E-state index in [4.69, 9.17) is 9.47 Å². The molecule has 0 saturated heterocycles. The Hall–Kier alpha value is -1.55. The van der Waals surface area contributed by atoms with Crippen LogP contribution in [0.1, 0.15) is 39.2 Å². The van der Waals surface area contributed by atoms with Crippen LogP contribution in [0.5, 0.6) is 5.75 Å². The van der Waals surface area contributed by atoms with Gasteiger partial charge in [0.25, 0.3) is 5.91 Å². The summed E-state index contributed by atoms with van der Waals surface area (Å²) in [5, 5.41) is 2.92. The number of aryl methyl sites for hydroxylation is 1. The SMILES string of the molecule is CCC[C@@](C)(OCC)C(=O)Nc1ccc(OC)c(C)c1. The Labute approximate surface area is 121 Å². The van der Waals surface area contributed by atoms with Gasteiger partial charge in [-0.15, -0.1) is 0 Å². The average molecular weight is 279 g/mol. The lowest BCUT2D eigenvalue weighted by Crippen LogP contribution is -2.42. The van der Waals surface area contributed by atoms with Gasteiger partial charge >= 0.3 is 0 Å². The Kier molecular flexibility index (Phi) is 6.02. The molecule has 0 aromatic heterocycles. The smallest absolute Gasteiger partial charge is 0.256 e. The number of hydrogen-bond donors (Lipinski definition) is 1. The van der Waals surface area contributed by atoms with Crippen molar-refractivity contribution in [1.82, 2.24) is 0 Å². The van der Waals surface area contributed by atoms with Gasteiger partial charge in [-0.2, -0.15) is 0 Å². The Morgan fingerprint density at radius 3 is 2.55 bits per heavy atom. The molecule has 1 aromatic rings. The molecule has 0 aliphatic rings. The van der Waals surface area contributed by atoms with E-state index in [1.165, 1.54) is 0 Å². The molecule has 0 bridgehead atoms. The summed E-state index contributed by atoms with van der Waals surface area (Å²) in [5.74, 6) is 0.704. The summed E-state index contributed by atoms with van der Waals surface area (Å²) in [6.07, 6.45) is 1.59. The monoisotopic (exact) mass is 279 g/mol. The Balaban J connectivity index is 2.85. The molecule has 0 spiro atoms. The zero-order chi connectivity index (χ0) is 15.2. The summed E-state index contributed by atoms with van der Waals surface area (Å²) in [6.45, 7) is 8.25. The second-order valence-electron chi connectivity index (χ2n) is 5.05. The number of methoxy groups -OCH3 is 1. The molecule has 1 atom stereocenters. The third kappa shape index (κ3) is 3.97. The van der Waals surface area contributed by atoms with Gasteiger partial charge in [0.05, 0.1) is 7.11 Å². The molecule has 1 N–H and O–H groups in total. The number of anilines is 1. The number of carbonyl (C=O) groups excluding carboxylic acids is 1. The van der Waals surface area contributed by atoms with Crippen LogP contribution in [-0.4, -0.2) is 25.2 Å². The predicted molar refractivity (Wildman–Crippen MR) is 81.3 cm³/mol. The molecule has 0 aliphatic carbocycles. The van der Waals surface area contributed by atoms with Gasteiger partial charge in [0.2, 0.25) is 0 Å². The van der Waals surface area contributed by atoms with Gasteiger partial charge in [-0.1, -0.05) is 13.3 Å². The number of amides is 1. The summed E-state index contributed by atoms with van der Waals surface area (Å²) < 4.78 is 10.9. The van der Waals surface area contributed by atoms with Crippen molar-refractivity contribution in [3.05, 3.63) is 23.8 Å². The summed E-state index contributed by atoms with van der Waals surface area (Å²) in [4.78, 5) is 12.4. The molecule has 0 radical (unpaired) electrons. The molecule has 20 heavy (non-hydrogen) atoms. The van der Waals surface area contributed by atoms with Gasteiger partial charge < -0.3 is 14.8 Å². The summed E-state index contributed by atoms with van der Waals surface area (Å²) in [5.41, 5.74) is 0.964. The van der Waals surface area contributed by atoms with Crippen molar-refractivity contribution < 1.29 is 14.3 Å². The predicted octanol–water partition coefficient (Wildman–Crippen LogP) is 3.54. The molecule has 4 nitrogen and oxygen atoms in total. The van der Waals surface area contributed by atoms with Crippen molar-refractivity contribution >= 4 is 11.6 Å². The molecule has 0 saturated carbocycles. The number of benzene rings is 1. The molecule has 0 heterocycles. The third-order valence-corrected chi connectivity index (χ3v) is 3.32. The van der Waals surface area contributed by atoms with Gasteiger partial charge in [-0.25, -0.2) is 0 Å². The normalized spacial score (nSPS) is 13.7. The van der Waals surface area contributed by atoms with E-state index in [0.29, 0.717) is 13.0 Å². The van der Waals surface area contributed by atoms with Crippen LogP contribution >= 0.6 is 0 Å². The fourth-order valence-corrected chi connectivity index (χ4v) is 2.27. The Morgan fingerprint density at radius 2 is 2.05 bits per heavy atom. The second kappa shape index (κ2) is 7.29. The number of carbonyl (C=O) groups is 1. The number of rotatable bonds is 7. The van der Waals surface area contributed by atoms with Crippen LogP contribution < -0.4 is 10.1 Å². The first-order chi connectivity index (χ1) is 9.46. The van der Waals surface area contributed by atoms with E-state index >= 15 is 0 Å². The third-order valence-electron chi connectivity index (χ3n) is 3.32. The number of hydrogen-bond acceptors (Lipinski definition) is 3. The molecular formula is C16H25NO3. The Morgan fingerprint density at radius 1 is 1.35 bits per heavy atom. The highest BCUT2D eigenvalue weighted by Gasteiger charge is 2.32. The van der Waals surface area contributed by atoms with Crippen LogP contribution in [0, 0.1) is 6.92 Å². The van der Waals surface area contributed by atoms with E-state index in [2.05, 4.69) is 5.32 Å². The zero-order valence-corrected chi connectivity index (χ0v) is 13.1. The first-order valence-electron chi connectivity index (χ1n) is 7.07. The van der Waals surface area contributed by atoms with E-state index in [1.54, 1.807) is 7.11 Å². The highest BCUT2D eigenvalue weighted by Crippen LogP contribution is 2.24. The number of nitrogens with one attached hydrogen (secondary N) is 1. The van der Waals surface area contributed by atoms with Gasteiger partial charge in [0, 0.05) is 12.3 Å². The van der Waals surface area contributed by atoms with Crippen LogP contribution in [0.2, 0.25) is 0 Å². The molecular weight excluding hydrogens is 254 g/mol.